The van der Waals surface area contributed by atoms with Crippen molar-refractivity contribution >= 4 is 22.4 Å². The average molecular weight is 437 g/mol. The minimum Gasteiger partial charge on any atom is -0.469 e. The molecule has 0 aromatic carbocycles. The monoisotopic (exact) mass is 436 g/mol. The molecule has 0 amide bonds. The molecule has 0 saturated carbocycles. The summed E-state index contributed by atoms with van der Waals surface area (Å²) in [4.78, 5) is 12.1. The molecule has 0 radical (unpaired) electrons. The normalized spacial score (nSPS) is 16.5. The molecule has 0 rings (SSSR count). The highest BCUT2D eigenvalue weighted by molar-refractivity contribution is 6.76. The van der Waals surface area contributed by atoms with Gasteiger partial charge in [-0.25, -0.2) is 0 Å². The number of hydrogen-bond acceptors (Lipinski definition) is 6. The summed E-state index contributed by atoms with van der Waals surface area (Å²) in [6, 6.07) is 1.07. The van der Waals surface area contributed by atoms with E-state index in [0.717, 1.165) is 6.04 Å². The fraction of sp³-hybridized carbons (Fsp3) is 0.950. The van der Waals surface area contributed by atoms with Gasteiger partial charge in [0.05, 0.1) is 31.8 Å². The molecule has 0 heterocycles. The van der Waals surface area contributed by atoms with E-state index in [1.54, 1.807) is 0 Å². The van der Waals surface area contributed by atoms with Gasteiger partial charge in [-0.3, -0.25) is 4.79 Å². The number of carbonyl (C=O) groups excluding carboxylic acids is 1. The Hall–Kier alpha value is -0.256. The smallest absolute Gasteiger partial charge is 0.310 e. The van der Waals surface area contributed by atoms with E-state index in [9.17, 15) is 9.90 Å². The first-order valence-electron chi connectivity index (χ1n) is 10.2. The van der Waals surface area contributed by atoms with Gasteiger partial charge in [-0.1, -0.05) is 40.4 Å². The maximum absolute atomic E-state index is 12.1. The maximum atomic E-state index is 12.1. The van der Waals surface area contributed by atoms with Crippen molar-refractivity contribution < 1.29 is 28.5 Å². The van der Waals surface area contributed by atoms with E-state index >= 15 is 0 Å². The zero-order valence-electron chi connectivity index (χ0n) is 19.8. The van der Waals surface area contributed by atoms with Gasteiger partial charge in [-0.05, 0) is 31.1 Å². The number of carbonyl (C=O) groups is 1. The highest BCUT2D eigenvalue weighted by atomic mass is 28.4. The molecule has 0 saturated heterocycles. The third-order valence-electron chi connectivity index (χ3n) is 5.47. The van der Waals surface area contributed by atoms with Gasteiger partial charge in [0.15, 0.2) is 8.32 Å². The number of esters is 1. The maximum Gasteiger partial charge on any atom is 0.310 e. The standard InChI is InChI=1S/C20H44O6Si2/c1-16(19(22)23-5)18(26-28(9,10)20(2,3)4)13-17(14-21)25-15-24-11-12-27(6,7)8/h16-18,21H,11-15H2,1-10H3/t16-,17+,18-/m1/s1. The van der Waals surface area contributed by atoms with Crippen LogP contribution in [-0.2, 0) is 23.4 Å². The van der Waals surface area contributed by atoms with Gasteiger partial charge in [0.25, 0.3) is 0 Å². The molecular formula is C20H44O6Si2. The molecule has 0 aromatic rings. The highest BCUT2D eigenvalue weighted by Crippen LogP contribution is 2.38. The SMILES string of the molecule is COC(=O)[C@H](C)[C@@H](C[C@@H](CO)OCOCC[Si](C)(C)C)O[Si](C)(C)C(C)(C)C. The Kier molecular flexibility index (Phi) is 11.7. The average Bonchev–Trinajstić information content (AvgIpc) is 2.55. The van der Waals surface area contributed by atoms with Crippen molar-refractivity contribution in [3.05, 3.63) is 0 Å². The zero-order valence-corrected chi connectivity index (χ0v) is 21.8. The highest BCUT2D eigenvalue weighted by Gasteiger charge is 2.42. The van der Waals surface area contributed by atoms with Crippen molar-refractivity contribution in [1.82, 2.24) is 0 Å². The Bertz CT molecular complexity index is 457. The van der Waals surface area contributed by atoms with Crippen molar-refractivity contribution in [2.75, 3.05) is 27.1 Å². The molecule has 0 aliphatic carbocycles. The summed E-state index contributed by atoms with van der Waals surface area (Å²) in [5.74, 6) is -0.753. The van der Waals surface area contributed by atoms with Gasteiger partial charge in [0.1, 0.15) is 6.79 Å². The molecule has 3 atom stereocenters. The third-order valence-corrected chi connectivity index (χ3v) is 11.7. The van der Waals surface area contributed by atoms with E-state index < -0.39 is 28.4 Å². The fourth-order valence-corrected chi connectivity index (χ4v) is 4.45. The zero-order chi connectivity index (χ0) is 22.2. The summed E-state index contributed by atoms with van der Waals surface area (Å²) in [5, 5.41) is 9.77. The largest absolute Gasteiger partial charge is 0.469 e. The van der Waals surface area contributed by atoms with Crippen LogP contribution in [0.4, 0.5) is 0 Å². The van der Waals surface area contributed by atoms with Crippen LogP contribution in [0.3, 0.4) is 0 Å². The Balaban J connectivity index is 4.96. The van der Waals surface area contributed by atoms with Crippen molar-refractivity contribution in [1.29, 1.82) is 0 Å². The van der Waals surface area contributed by atoms with Crippen molar-refractivity contribution in [2.45, 2.75) is 90.1 Å². The summed E-state index contributed by atoms with van der Waals surface area (Å²) >= 11 is 0. The first-order valence-corrected chi connectivity index (χ1v) is 16.8. The fourth-order valence-electron chi connectivity index (χ4n) is 2.28. The molecule has 0 fully saturated rings. The van der Waals surface area contributed by atoms with Crippen molar-refractivity contribution in [3.8, 4) is 0 Å². The van der Waals surface area contributed by atoms with E-state index in [4.69, 9.17) is 18.6 Å². The molecule has 0 bridgehead atoms. The molecule has 168 valence electrons. The molecule has 0 aliphatic heterocycles. The lowest BCUT2D eigenvalue weighted by Gasteiger charge is -2.41. The van der Waals surface area contributed by atoms with Crippen LogP contribution in [0.15, 0.2) is 0 Å². The lowest BCUT2D eigenvalue weighted by atomic mass is 9.99. The number of methoxy groups -OCH3 is 1. The molecule has 28 heavy (non-hydrogen) atoms. The Morgan fingerprint density at radius 1 is 1.11 bits per heavy atom. The quantitative estimate of drug-likeness (QED) is 0.201. The molecule has 8 heteroatoms. The summed E-state index contributed by atoms with van der Waals surface area (Å²) in [6.07, 6.45) is -0.419. The van der Waals surface area contributed by atoms with Crippen molar-refractivity contribution in [2.24, 2.45) is 5.92 Å². The second-order valence-electron chi connectivity index (χ2n) is 10.3. The van der Waals surface area contributed by atoms with Crippen LogP contribution in [0.25, 0.3) is 0 Å². The first-order chi connectivity index (χ1) is 12.6. The van der Waals surface area contributed by atoms with Gasteiger partial charge in [-0.15, -0.1) is 0 Å². The molecule has 1 N–H and O–H groups in total. The van der Waals surface area contributed by atoms with Crippen LogP contribution in [0, 0.1) is 5.92 Å². The molecule has 0 unspecified atom stereocenters. The Labute approximate surface area is 174 Å². The predicted octanol–water partition coefficient (Wildman–Crippen LogP) is 4.27. The van der Waals surface area contributed by atoms with Crippen molar-refractivity contribution in [3.63, 3.8) is 0 Å². The predicted molar refractivity (Wildman–Crippen MR) is 119 cm³/mol. The van der Waals surface area contributed by atoms with E-state index in [-0.39, 0.29) is 30.5 Å². The van der Waals surface area contributed by atoms with E-state index in [1.165, 1.54) is 7.11 Å². The van der Waals surface area contributed by atoms with Gasteiger partial charge in [-0.2, -0.15) is 0 Å². The van der Waals surface area contributed by atoms with E-state index in [1.807, 2.05) is 6.92 Å². The van der Waals surface area contributed by atoms with Crippen LogP contribution in [0.1, 0.15) is 34.1 Å². The molecule has 0 spiro atoms. The van der Waals surface area contributed by atoms with Crippen LogP contribution in [0.2, 0.25) is 43.8 Å². The topological polar surface area (TPSA) is 74.2 Å². The molecule has 0 aliphatic rings. The number of aliphatic hydroxyl groups is 1. The minimum atomic E-state index is -2.11. The van der Waals surface area contributed by atoms with Gasteiger partial charge in [0.2, 0.25) is 0 Å². The van der Waals surface area contributed by atoms with Crippen LogP contribution in [0.5, 0.6) is 0 Å². The third kappa shape index (κ3) is 10.5. The van der Waals surface area contributed by atoms with Crippen LogP contribution >= 0.6 is 0 Å². The second kappa shape index (κ2) is 11.8. The molecule has 0 aromatic heterocycles. The first kappa shape index (κ1) is 27.7. The second-order valence-corrected chi connectivity index (χ2v) is 20.6. The lowest BCUT2D eigenvalue weighted by molar-refractivity contribution is -0.150. The number of rotatable bonds is 13. The summed E-state index contributed by atoms with van der Waals surface area (Å²) in [7, 11) is -1.86. The summed E-state index contributed by atoms with van der Waals surface area (Å²) in [6.45, 7) is 20.1. The lowest BCUT2D eigenvalue weighted by Crippen LogP contribution is -2.48. The number of hydrogen-bond donors (Lipinski definition) is 1. The number of aliphatic hydroxyl groups excluding tert-OH is 1. The van der Waals surface area contributed by atoms with E-state index in [0.29, 0.717) is 13.0 Å². The van der Waals surface area contributed by atoms with Gasteiger partial charge in [0, 0.05) is 21.1 Å². The van der Waals surface area contributed by atoms with Crippen LogP contribution in [-0.4, -0.2) is 66.8 Å². The minimum absolute atomic E-state index is 0.0105. The number of ether oxygens (including phenoxy) is 3. The molecule has 6 nitrogen and oxygen atoms in total. The molecular weight excluding hydrogens is 392 g/mol. The van der Waals surface area contributed by atoms with Crippen LogP contribution < -0.4 is 0 Å². The Morgan fingerprint density at radius 2 is 1.68 bits per heavy atom. The van der Waals surface area contributed by atoms with Gasteiger partial charge >= 0.3 is 5.97 Å². The Morgan fingerprint density at radius 3 is 2.11 bits per heavy atom. The van der Waals surface area contributed by atoms with Gasteiger partial charge < -0.3 is 23.7 Å². The summed E-state index contributed by atoms with van der Waals surface area (Å²) in [5.41, 5.74) is 0. The summed E-state index contributed by atoms with van der Waals surface area (Å²) < 4.78 is 22.7. The van der Waals surface area contributed by atoms with E-state index in [2.05, 4.69) is 53.5 Å².